The fraction of sp³-hybridized carbons (Fsp3) is 0.250. The Morgan fingerprint density at radius 3 is 2.07 bits per heavy atom. The maximum atomic E-state index is 13.6. The first-order chi connectivity index (χ1) is 19.9. The molecule has 0 aliphatic carbocycles. The number of nitrogens with zero attached hydrogens (tertiary/aromatic N) is 1. The van der Waals surface area contributed by atoms with Gasteiger partial charge in [0.05, 0.1) is 11.1 Å². The van der Waals surface area contributed by atoms with Crippen molar-refractivity contribution in [3.63, 3.8) is 0 Å². The Morgan fingerprint density at radius 1 is 0.786 bits per heavy atom. The SMILES string of the molecule is O=C(N[C@H]1CCN(C(=O)c2cc(C(F)(F)F)cc(C(F)(F)F)c2)[C@H](Cc2ccccc2)C1)c1cccc2ccccc12. The minimum atomic E-state index is -5.07. The van der Waals surface area contributed by atoms with E-state index in [4.69, 9.17) is 0 Å². The smallest absolute Gasteiger partial charge is 0.349 e. The van der Waals surface area contributed by atoms with Crippen molar-refractivity contribution in [3.05, 3.63) is 119 Å². The molecule has 0 radical (unpaired) electrons. The van der Waals surface area contributed by atoms with Crippen LogP contribution in [0.15, 0.2) is 91.0 Å². The first kappa shape index (κ1) is 29.2. The molecule has 42 heavy (non-hydrogen) atoms. The van der Waals surface area contributed by atoms with Gasteiger partial charge in [0.15, 0.2) is 0 Å². The fourth-order valence-corrected chi connectivity index (χ4v) is 5.46. The number of nitrogens with one attached hydrogen (secondary N) is 1. The van der Waals surface area contributed by atoms with Gasteiger partial charge in [0.25, 0.3) is 11.8 Å². The molecule has 5 rings (SSSR count). The molecule has 0 saturated carbocycles. The normalized spacial score (nSPS) is 17.7. The van der Waals surface area contributed by atoms with E-state index in [1.807, 2.05) is 48.5 Å². The quantitative estimate of drug-likeness (QED) is 0.247. The molecule has 4 aromatic carbocycles. The average Bonchev–Trinajstić information content (AvgIpc) is 2.96. The zero-order valence-corrected chi connectivity index (χ0v) is 22.2. The van der Waals surface area contributed by atoms with Crippen molar-refractivity contribution in [2.75, 3.05) is 6.54 Å². The van der Waals surface area contributed by atoms with Crippen molar-refractivity contribution in [3.8, 4) is 0 Å². The van der Waals surface area contributed by atoms with Crippen molar-refractivity contribution in [1.82, 2.24) is 10.2 Å². The van der Waals surface area contributed by atoms with Crippen molar-refractivity contribution in [1.29, 1.82) is 0 Å². The number of benzene rings is 4. The molecule has 218 valence electrons. The highest BCUT2D eigenvalue weighted by molar-refractivity contribution is 6.07. The lowest BCUT2D eigenvalue weighted by Gasteiger charge is -2.40. The first-order valence-corrected chi connectivity index (χ1v) is 13.3. The third-order valence-corrected chi connectivity index (χ3v) is 7.49. The Hall–Kier alpha value is -4.34. The van der Waals surface area contributed by atoms with Gasteiger partial charge in [0.2, 0.25) is 0 Å². The number of amides is 2. The van der Waals surface area contributed by atoms with Crippen LogP contribution >= 0.6 is 0 Å². The molecule has 1 saturated heterocycles. The van der Waals surface area contributed by atoms with Crippen molar-refractivity contribution < 1.29 is 35.9 Å². The zero-order chi connectivity index (χ0) is 30.1. The van der Waals surface area contributed by atoms with Crippen LogP contribution < -0.4 is 5.32 Å². The highest BCUT2D eigenvalue weighted by Crippen LogP contribution is 2.37. The van der Waals surface area contributed by atoms with Gasteiger partial charge in [-0.15, -0.1) is 0 Å². The molecule has 1 N–H and O–H groups in total. The number of rotatable bonds is 5. The Labute approximate surface area is 237 Å². The van der Waals surface area contributed by atoms with E-state index in [-0.39, 0.29) is 37.4 Å². The first-order valence-electron chi connectivity index (χ1n) is 13.3. The topological polar surface area (TPSA) is 49.4 Å². The van der Waals surface area contributed by atoms with Gasteiger partial charge in [-0.05, 0) is 59.9 Å². The summed E-state index contributed by atoms with van der Waals surface area (Å²) in [6.07, 6.45) is -9.30. The number of likely N-dealkylation sites (tertiary alicyclic amines) is 1. The predicted molar refractivity (Wildman–Crippen MR) is 146 cm³/mol. The van der Waals surface area contributed by atoms with Crippen molar-refractivity contribution in [2.45, 2.75) is 43.7 Å². The third-order valence-electron chi connectivity index (χ3n) is 7.49. The molecule has 1 fully saturated rings. The van der Waals surface area contributed by atoms with Gasteiger partial charge in [-0.3, -0.25) is 9.59 Å². The lowest BCUT2D eigenvalue weighted by molar-refractivity contribution is -0.143. The minimum absolute atomic E-state index is 0.00722. The summed E-state index contributed by atoms with van der Waals surface area (Å²) >= 11 is 0. The van der Waals surface area contributed by atoms with Gasteiger partial charge in [-0.2, -0.15) is 26.3 Å². The molecule has 0 unspecified atom stereocenters. The fourth-order valence-electron chi connectivity index (χ4n) is 5.46. The van der Waals surface area contributed by atoms with E-state index in [9.17, 15) is 35.9 Å². The second kappa shape index (κ2) is 11.5. The Balaban J connectivity index is 1.43. The number of piperidine rings is 1. The maximum Gasteiger partial charge on any atom is 0.416 e. The van der Waals surface area contributed by atoms with E-state index >= 15 is 0 Å². The van der Waals surface area contributed by atoms with Crippen LogP contribution in [0.1, 0.15) is 50.2 Å². The molecule has 1 aliphatic heterocycles. The van der Waals surface area contributed by atoms with Crippen LogP contribution in [-0.4, -0.2) is 35.3 Å². The minimum Gasteiger partial charge on any atom is -0.349 e. The summed E-state index contributed by atoms with van der Waals surface area (Å²) in [6, 6.07) is 21.8. The molecule has 0 spiro atoms. The van der Waals surface area contributed by atoms with Crippen LogP contribution in [0, 0.1) is 0 Å². The average molecular weight is 585 g/mol. The number of hydrogen-bond donors (Lipinski definition) is 1. The largest absolute Gasteiger partial charge is 0.416 e. The summed E-state index contributed by atoms with van der Waals surface area (Å²) in [6.45, 7) is 0.0361. The number of carbonyl (C=O) groups is 2. The number of carbonyl (C=O) groups excluding carboxylic acids is 2. The second-order valence-electron chi connectivity index (χ2n) is 10.4. The Morgan fingerprint density at radius 2 is 1.40 bits per heavy atom. The third kappa shape index (κ3) is 6.42. The Bertz CT molecular complexity index is 1560. The summed E-state index contributed by atoms with van der Waals surface area (Å²) in [5.41, 5.74) is -2.46. The molecule has 2 atom stereocenters. The summed E-state index contributed by atoms with van der Waals surface area (Å²) in [5.74, 6) is -1.23. The van der Waals surface area contributed by atoms with Crippen LogP contribution in [0.3, 0.4) is 0 Å². The predicted octanol–water partition coefficient (Wildman–Crippen LogP) is 7.52. The molecule has 0 bridgehead atoms. The number of alkyl halides is 6. The van der Waals surface area contributed by atoms with Crippen LogP contribution in [0.2, 0.25) is 0 Å². The molecule has 2 amide bonds. The Kier molecular flexibility index (Phi) is 7.99. The van der Waals surface area contributed by atoms with E-state index in [0.717, 1.165) is 16.3 Å². The van der Waals surface area contributed by atoms with E-state index < -0.39 is 41.0 Å². The van der Waals surface area contributed by atoms with E-state index in [1.165, 1.54) is 4.90 Å². The maximum absolute atomic E-state index is 13.6. The van der Waals surface area contributed by atoms with E-state index in [1.54, 1.807) is 24.3 Å². The molecule has 1 aliphatic rings. The molecular weight excluding hydrogens is 558 g/mol. The monoisotopic (exact) mass is 584 g/mol. The molecular formula is C32H26F6N2O2. The van der Waals surface area contributed by atoms with Crippen molar-refractivity contribution in [2.24, 2.45) is 0 Å². The van der Waals surface area contributed by atoms with Gasteiger partial charge in [-0.1, -0.05) is 66.7 Å². The molecule has 4 aromatic rings. The highest BCUT2D eigenvalue weighted by Gasteiger charge is 2.39. The van der Waals surface area contributed by atoms with Crippen molar-refractivity contribution >= 4 is 22.6 Å². The standard InChI is InChI=1S/C32H26F6N2O2/c33-31(34,35)23-16-22(17-24(18-23)32(36,37)38)30(42)40-14-13-25(19-26(40)15-20-7-2-1-3-8-20)39-29(41)28-12-6-10-21-9-4-5-11-27(21)28/h1-12,16-18,25-26H,13-15,19H2,(H,39,41)/t25-,26+/m0/s1. The molecule has 4 nitrogen and oxygen atoms in total. The second-order valence-corrected chi connectivity index (χ2v) is 10.4. The van der Waals surface area contributed by atoms with Gasteiger partial charge >= 0.3 is 12.4 Å². The molecule has 10 heteroatoms. The zero-order valence-electron chi connectivity index (χ0n) is 22.2. The summed E-state index contributed by atoms with van der Waals surface area (Å²) in [7, 11) is 0. The number of fused-ring (bicyclic) bond motifs is 1. The van der Waals surface area contributed by atoms with E-state index in [0.29, 0.717) is 24.1 Å². The van der Waals surface area contributed by atoms with Crippen LogP contribution in [0.25, 0.3) is 10.8 Å². The molecule has 0 aromatic heterocycles. The number of halogens is 6. The highest BCUT2D eigenvalue weighted by atomic mass is 19.4. The van der Waals surface area contributed by atoms with Crippen LogP contribution in [0.5, 0.6) is 0 Å². The lowest BCUT2D eigenvalue weighted by atomic mass is 9.90. The summed E-state index contributed by atoms with van der Waals surface area (Å²) in [5, 5.41) is 4.70. The van der Waals surface area contributed by atoms with Gasteiger partial charge < -0.3 is 10.2 Å². The van der Waals surface area contributed by atoms with Crippen LogP contribution in [-0.2, 0) is 18.8 Å². The van der Waals surface area contributed by atoms with Gasteiger partial charge in [-0.25, -0.2) is 0 Å². The summed E-state index contributed by atoms with van der Waals surface area (Å²) in [4.78, 5) is 28.2. The van der Waals surface area contributed by atoms with Gasteiger partial charge in [0, 0.05) is 29.8 Å². The lowest BCUT2D eigenvalue weighted by Crippen LogP contribution is -2.52. The van der Waals surface area contributed by atoms with Gasteiger partial charge in [0.1, 0.15) is 0 Å². The summed E-state index contributed by atoms with van der Waals surface area (Å²) < 4.78 is 80.9. The molecule has 1 heterocycles. The number of hydrogen-bond acceptors (Lipinski definition) is 2. The van der Waals surface area contributed by atoms with Crippen LogP contribution in [0.4, 0.5) is 26.3 Å². The van der Waals surface area contributed by atoms with E-state index in [2.05, 4.69) is 5.32 Å².